The molecule has 0 fully saturated rings. The predicted octanol–water partition coefficient (Wildman–Crippen LogP) is 4.19. The third kappa shape index (κ3) is 7.10. The van der Waals surface area contributed by atoms with E-state index in [0.29, 0.717) is 17.7 Å². The Bertz CT molecular complexity index is 1290. The van der Waals surface area contributed by atoms with Gasteiger partial charge in [-0.3, -0.25) is 14.9 Å². The molecule has 0 saturated carbocycles. The average Bonchev–Trinajstić information content (AvgIpc) is 2.85. The quantitative estimate of drug-likeness (QED) is 0.147. The molecule has 3 rings (SSSR count). The van der Waals surface area contributed by atoms with Gasteiger partial charge < -0.3 is 14.2 Å². The lowest BCUT2D eigenvalue weighted by atomic mass is 10.2. The Morgan fingerprint density at radius 3 is 2.44 bits per heavy atom. The van der Waals surface area contributed by atoms with E-state index in [1.54, 1.807) is 32.0 Å². The summed E-state index contributed by atoms with van der Waals surface area (Å²) in [6.45, 7) is 3.27. The van der Waals surface area contributed by atoms with Crippen LogP contribution >= 0.6 is 0 Å². The molecule has 0 aromatic heterocycles. The highest BCUT2D eigenvalue weighted by Gasteiger charge is 2.16. The number of nitrogens with one attached hydrogen (secondary N) is 1. The van der Waals surface area contributed by atoms with Crippen molar-refractivity contribution in [2.75, 3.05) is 13.2 Å². The summed E-state index contributed by atoms with van der Waals surface area (Å²) < 4.78 is 29.2. The molecule has 0 radical (unpaired) electrons. The van der Waals surface area contributed by atoms with Gasteiger partial charge in [0.15, 0.2) is 23.9 Å². The summed E-state index contributed by atoms with van der Waals surface area (Å²) in [7, 11) is 0. The number of benzene rings is 3. The zero-order chi connectivity index (χ0) is 26.1. The van der Waals surface area contributed by atoms with Gasteiger partial charge >= 0.3 is 11.7 Å². The number of carbonyl (C=O) groups excluding carboxylic acids is 2. The highest BCUT2D eigenvalue weighted by molar-refractivity contribution is 5.91. The first-order valence-corrected chi connectivity index (χ1v) is 10.7. The van der Waals surface area contributed by atoms with Crippen molar-refractivity contribution in [3.8, 4) is 17.2 Å². The molecule has 0 unspecified atom stereocenters. The minimum absolute atomic E-state index is 0.0307. The Morgan fingerprint density at radius 1 is 1.03 bits per heavy atom. The van der Waals surface area contributed by atoms with Gasteiger partial charge in [0.2, 0.25) is 0 Å². The second kappa shape index (κ2) is 12.1. The summed E-state index contributed by atoms with van der Waals surface area (Å²) in [5.41, 5.74) is 3.40. The maximum absolute atomic E-state index is 13.1. The van der Waals surface area contributed by atoms with E-state index < -0.39 is 29.2 Å². The highest BCUT2D eigenvalue weighted by atomic mass is 19.1. The van der Waals surface area contributed by atoms with E-state index in [0.717, 1.165) is 12.1 Å². The fourth-order valence-corrected chi connectivity index (χ4v) is 2.95. The zero-order valence-electron chi connectivity index (χ0n) is 19.4. The molecular weight excluding hydrogens is 473 g/mol. The molecular formula is C25H22FN3O7. The monoisotopic (exact) mass is 495 g/mol. The Morgan fingerprint density at radius 2 is 1.75 bits per heavy atom. The molecule has 1 N–H and O–H groups in total. The third-order valence-electron chi connectivity index (χ3n) is 4.62. The van der Waals surface area contributed by atoms with E-state index in [1.807, 2.05) is 0 Å². The Hall–Kier alpha value is -4.80. The van der Waals surface area contributed by atoms with Crippen molar-refractivity contribution in [3.05, 3.63) is 93.3 Å². The van der Waals surface area contributed by atoms with Gasteiger partial charge in [-0.15, -0.1) is 0 Å². The molecule has 0 heterocycles. The highest BCUT2D eigenvalue weighted by Crippen LogP contribution is 2.29. The molecule has 36 heavy (non-hydrogen) atoms. The minimum atomic E-state index is -0.682. The first-order chi connectivity index (χ1) is 17.3. The van der Waals surface area contributed by atoms with Crippen molar-refractivity contribution in [3.63, 3.8) is 0 Å². The van der Waals surface area contributed by atoms with Crippen molar-refractivity contribution < 1.29 is 33.1 Å². The normalized spacial score (nSPS) is 10.6. The van der Waals surface area contributed by atoms with Crippen LogP contribution in [-0.2, 0) is 4.79 Å². The number of amides is 1. The lowest BCUT2D eigenvalue weighted by Gasteiger charge is -2.11. The number of hydrazone groups is 1. The lowest BCUT2D eigenvalue weighted by Crippen LogP contribution is -2.24. The van der Waals surface area contributed by atoms with Crippen LogP contribution in [0.3, 0.4) is 0 Å². The van der Waals surface area contributed by atoms with Crippen LogP contribution in [0, 0.1) is 22.9 Å². The van der Waals surface area contributed by atoms with Crippen LogP contribution < -0.4 is 19.6 Å². The van der Waals surface area contributed by atoms with Gasteiger partial charge in [-0.2, -0.15) is 5.10 Å². The Labute approximate surface area is 205 Å². The maximum atomic E-state index is 13.1. The number of nitrogens with zero attached hydrogens (tertiary/aromatic N) is 2. The number of aryl methyl sites for hydroxylation is 1. The van der Waals surface area contributed by atoms with Crippen molar-refractivity contribution in [1.82, 2.24) is 5.43 Å². The number of nitro groups is 1. The van der Waals surface area contributed by atoms with Crippen LogP contribution in [0.5, 0.6) is 17.2 Å². The predicted molar refractivity (Wildman–Crippen MR) is 128 cm³/mol. The smallest absolute Gasteiger partial charge is 0.343 e. The van der Waals surface area contributed by atoms with E-state index in [2.05, 4.69) is 10.5 Å². The third-order valence-corrected chi connectivity index (χ3v) is 4.62. The maximum Gasteiger partial charge on any atom is 0.343 e. The summed E-state index contributed by atoms with van der Waals surface area (Å²) in [5.74, 6) is -1.40. The van der Waals surface area contributed by atoms with Crippen LogP contribution in [0.4, 0.5) is 10.1 Å². The summed E-state index contributed by atoms with van der Waals surface area (Å²) in [4.78, 5) is 34.9. The van der Waals surface area contributed by atoms with Crippen LogP contribution in [0.1, 0.15) is 28.4 Å². The largest absolute Gasteiger partial charge is 0.490 e. The van der Waals surface area contributed by atoms with E-state index in [4.69, 9.17) is 14.2 Å². The fraction of sp³-hybridized carbons (Fsp3) is 0.160. The van der Waals surface area contributed by atoms with Crippen LogP contribution in [0.2, 0.25) is 0 Å². The van der Waals surface area contributed by atoms with E-state index >= 15 is 0 Å². The standard InChI is InChI=1S/C25H22FN3O7/c1-3-34-23-13-17(5-11-22(23)36-25(31)18-6-8-19(26)9-7-18)14-27-28-24(30)15-35-21-10-4-16(2)12-20(21)29(32)33/h4-14H,3,15H2,1-2H3,(H,28,30)/b27-14-. The molecule has 3 aromatic carbocycles. The number of esters is 1. The Kier molecular flexibility index (Phi) is 8.65. The van der Waals surface area contributed by atoms with Gasteiger partial charge in [0.25, 0.3) is 5.91 Å². The number of nitro benzene ring substituents is 1. The second-order valence-corrected chi connectivity index (χ2v) is 7.35. The first-order valence-electron chi connectivity index (χ1n) is 10.7. The molecule has 0 spiro atoms. The molecule has 11 heteroatoms. The van der Waals surface area contributed by atoms with Crippen molar-refractivity contribution in [2.45, 2.75) is 13.8 Å². The fourth-order valence-electron chi connectivity index (χ4n) is 2.95. The number of rotatable bonds is 10. The topological polar surface area (TPSA) is 129 Å². The van der Waals surface area contributed by atoms with Crippen molar-refractivity contribution in [2.24, 2.45) is 5.10 Å². The molecule has 10 nitrogen and oxygen atoms in total. The van der Waals surface area contributed by atoms with Gasteiger partial charge in [-0.05, 0) is 73.5 Å². The summed E-state index contributed by atoms with van der Waals surface area (Å²) in [6.07, 6.45) is 1.33. The van der Waals surface area contributed by atoms with Gasteiger partial charge in [-0.1, -0.05) is 6.07 Å². The number of halogens is 1. The van der Waals surface area contributed by atoms with Crippen LogP contribution in [-0.4, -0.2) is 36.2 Å². The molecule has 0 aliphatic carbocycles. The molecule has 0 aliphatic rings. The van der Waals surface area contributed by atoms with Crippen LogP contribution in [0.25, 0.3) is 0 Å². The second-order valence-electron chi connectivity index (χ2n) is 7.35. The molecule has 0 bridgehead atoms. The number of hydrogen-bond acceptors (Lipinski definition) is 8. The molecule has 3 aromatic rings. The molecule has 1 amide bonds. The molecule has 0 saturated heterocycles. The van der Waals surface area contributed by atoms with E-state index in [-0.39, 0.29) is 28.5 Å². The van der Waals surface area contributed by atoms with E-state index in [1.165, 1.54) is 36.5 Å². The number of ether oxygens (including phenoxy) is 3. The summed E-state index contributed by atoms with van der Waals surface area (Å²) in [6, 6.07) is 14.0. The summed E-state index contributed by atoms with van der Waals surface area (Å²) in [5, 5.41) is 15.0. The van der Waals surface area contributed by atoms with Gasteiger partial charge in [-0.25, -0.2) is 14.6 Å². The lowest BCUT2D eigenvalue weighted by molar-refractivity contribution is -0.385. The molecule has 186 valence electrons. The SMILES string of the molecule is CCOc1cc(/C=N\NC(=O)COc2ccc(C)cc2[N+](=O)[O-])ccc1OC(=O)c1ccc(F)cc1. The van der Waals surface area contributed by atoms with Crippen LogP contribution in [0.15, 0.2) is 65.8 Å². The van der Waals surface area contributed by atoms with E-state index in [9.17, 15) is 24.1 Å². The average molecular weight is 495 g/mol. The van der Waals surface area contributed by atoms with Gasteiger partial charge in [0.05, 0.1) is 23.3 Å². The van der Waals surface area contributed by atoms with Gasteiger partial charge in [0.1, 0.15) is 5.82 Å². The molecule has 0 atom stereocenters. The number of hydrogen-bond donors (Lipinski definition) is 1. The molecule has 0 aliphatic heterocycles. The van der Waals surface area contributed by atoms with Gasteiger partial charge in [0, 0.05) is 6.07 Å². The Balaban J connectivity index is 1.61. The first kappa shape index (κ1) is 25.8. The zero-order valence-corrected chi connectivity index (χ0v) is 19.4. The number of carbonyl (C=O) groups is 2. The van der Waals surface area contributed by atoms with Crippen molar-refractivity contribution in [1.29, 1.82) is 0 Å². The van der Waals surface area contributed by atoms with Crippen molar-refractivity contribution >= 4 is 23.8 Å². The minimum Gasteiger partial charge on any atom is -0.490 e. The summed E-state index contributed by atoms with van der Waals surface area (Å²) >= 11 is 0.